The van der Waals surface area contributed by atoms with Crippen LogP contribution in [-0.2, 0) is 24.5 Å². The smallest absolute Gasteiger partial charge is 0.263 e. The van der Waals surface area contributed by atoms with Gasteiger partial charge in [0.25, 0.3) is 5.91 Å². The van der Waals surface area contributed by atoms with Gasteiger partial charge in [0.05, 0.1) is 24.4 Å². The summed E-state index contributed by atoms with van der Waals surface area (Å²) in [5.41, 5.74) is 3.33. The van der Waals surface area contributed by atoms with Crippen molar-refractivity contribution in [2.75, 3.05) is 0 Å². The van der Waals surface area contributed by atoms with E-state index in [1.807, 2.05) is 36.4 Å². The van der Waals surface area contributed by atoms with E-state index in [4.69, 9.17) is 4.74 Å². The van der Waals surface area contributed by atoms with Gasteiger partial charge in [-0.25, -0.2) is 4.98 Å². The summed E-state index contributed by atoms with van der Waals surface area (Å²) >= 11 is 1.52. The van der Waals surface area contributed by atoms with E-state index >= 15 is 0 Å². The Kier molecular flexibility index (Phi) is 5.61. The Morgan fingerprint density at radius 3 is 2.59 bits per heavy atom. The second-order valence-electron chi connectivity index (χ2n) is 6.82. The van der Waals surface area contributed by atoms with Gasteiger partial charge in [0.15, 0.2) is 0 Å². The molecule has 0 spiro atoms. The third-order valence-corrected chi connectivity index (χ3v) is 5.66. The highest BCUT2D eigenvalue weighted by atomic mass is 32.1. The molecule has 1 saturated carbocycles. The van der Waals surface area contributed by atoms with E-state index < -0.39 is 0 Å². The van der Waals surface area contributed by atoms with Crippen LogP contribution < -0.4 is 5.32 Å². The zero-order valence-electron chi connectivity index (χ0n) is 15.1. The van der Waals surface area contributed by atoms with Crippen molar-refractivity contribution in [1.82, 2.24) is 10.3 Å². The van der Waals surface area contributed by atoms with Gasteiger partial charge in [0.2, 0.25) is 0 Å². The third kappa shape index (κ3) is 5.02. The summed E-state index contributed by atoms with van der Waals surface area (Å²) in [4.78, 5) is 17.4. The lowest BCUT2D eigenvalue weighted by molar-refractivity contribution is 0.0954. The van der Waals surface area contributed by atoms with Crippen LogP contribution in [0.3, 0.4) is 0 Å². The predicted octanol–water partition coefficient (Wildman–Crippen LogP) is 4.67. The van der Waals surface area contributed by atoms with Crippen LogP contribution in [0.2, 0.25) is 0 Å². The molecular weight excluding hydrogens is 356 g/mol. The Bertz CT molecular complexity index is 903. The molecule has 0 atom stereocenters. The Morgan fingerprint density at radius 2 is 1.78 bits per heavy atom. The van der Waals surface area contributed by atoms with Gasteiger partial charge in [-0.2, -0.15) is 0 Å². The Morgan fingerprint density at radius 1 is 1.04 bits per heavy atom. The van der Waals surface area contributed by atoms with Crippen LogP contribution in [0.5, 0.6) is 0 Å². The molecule has 0 bridgehead atoms. The van der Waals surface area contributed by atoms with Crippen molar-refractivity contribution in [3.05, 3.63) is 87.4 Å². The molecule has 1 aliphatic rings. The molecule has 27 heavy (non-hydrogen) atoms. The minimum absolute atomic E-state index is 0.0508. The van der Waals surface area contributed by atoms with Crippen LogP contribution in [0.25, 0.3) is 0 Å². The van der Waals surface area contributed by atoms with E-state index in [2.05, 4.69) is 28.5 Å². The van der Waals surface area contributed by atoms with E-state index in [-0.39, 0.29) is 5.91 Å². The van der Waals surface area contributed by atoms with Crippen LogP contribution in [0.15, 0.2) is 60.8 Å². The van der Waals surface area contributed by atoms with Crippen molar-refractivity contribution < 1.29 is 9.53 Å². The fourth-order valence-corrected chi connectivity index (χ4v) is 3.87. The molecule has 0 radical (unpaired) electrons. The van der Waals surface area contributed by atoms with Crippen LogP contribution >= 0.6 is 11.3 Å². The molecule has 4 rings (SSSR count). The molecule has 1 N–H and O–H groups in total. The standard InChI is InChI=1S/C22H22N2O2S/c25-21(20-13-24-22(27-20)19-9-10-19)23-12-17-7-4-8-18(11-17)15-26-14-16-5-2-1-3-6-16/h1-8,11,13,19H,9-10,12,14-15H2,(H,23,25). The van der Waals surface area contributed by atoms with Gasteiger partial charge in [-0.15, -0.1) is 11.3 Å². The number of carbonyl (C=O) groups is 1. The number of amides is 1. The molecule has 0 saturated heterocycles. The minimum Gasteiger partial charge on any atom is -0.372 e. The molecule has 138 valence electrons. The zero-order valence-corrected chi connectivity index (χ0v) is 15.9. The van der Waals surface area contributed by atoms with Crippen molar-refractivity contribution in [2.45, 2.75) is 38.5 Å². The molecule has 2 aromatic carbocycles. The first-order valence-corrected chi connectivity index (χ1v) is 10.0. The van der Waals surface area contributed by atoms with Gasteiger partial charge in [-0.3, -0.25) is 4.79 Å². The molecule has 1 aliphatic carbocycles. The van der Waals surface area contributed by atoms with Crippen molar-refractivity contribution >= 4 is 17.2 Å². The Hall–Kier alpha value is -2.50. The summed E-state index contributed by atoms with van der Waals surface area (Å²) in [6.45, 7) is 1.65. The molecule has 1 fully saturated rings. The number of nitrogens with one attached hydrogen (secondary N) is 1. The molecular formula is C22H22N2O2S. The van der Waals surface area contributed by atoms with Gasteiger partial charge >= 0.3 is 0 Å². The summed E-state index contributed by atoms with van der Waals surface area (Å²) in [6, 6.07) is 18.3. The summed E-state index contributed by atoms with van der Waals surface area (Å²) in [5, 5.41) is 4.08. The largest absolute Gasteiger partial charge is 0.372 e. The van der Waals surface area contributed by atoms with Gasteiger partial charge in [0.1, 0.15) is 4.88 Å². The normalized spacial score (nSPS) is 13.5. The number of aromatic nitrogens is 1. The molecule has 1 amide bonds. The lowest BCUT2D eigenvalue weighted by atomic mass is 10.1. The topological polar surface area (TPSA) is 51.2 Å². The number of hydrogen-bond donors (Lipinski definition) is 1. The van der Waals surface area contributed by atoms with Gasteiger partial charge in [0, 0.05) is 12.5 Å². The van der Waals surface area contributed by atoms with Gasteiger partial charge in [-0.1, -0.05) is 54.6 Å². The second-order valence-corrected chi connectivity index (χ2v) is 7.88. The Balaban J connectivity index is 1.27. The molecule has 3 aromatic rings. The quantitative estimate of drug-likeness (QED) is 0.620. The summed E-state index contributed by atoms with van der Waals surface area (Å²) in [7, 11) is 0. The lowest BCUT2D eigenvalue weighted by Gasteiger charge is -2.08. The number of hydrogen-bond acceptors (Lipinski definition) is 4. The van der Waals surface area contributed by atoms with Crippen molar-refractivity contribution in [3.63, 3.8) is 0 Å². The monoisotopic (exact) mass is 378 g/mol. The third-order valence-electron chi connectivity index (χ3n) is 4.50. The summed E-state index contributed by atoms with van der Waals surface area (Å²) in [6.07, 6.45) is 4.10. The highest BCUT2D eigenvalue weighted by Crippen LogP contribution is 2.41. The molecule has 4 nitrogen and oxygen atoms in total. The van der Waals surface area contributed by atoms with Crippen LogP contribution in [0.4, 0.5) is 0 Å². The average molecular weight is 378 g/mol. The molecule has 1 aromatic heterocycles. The van der Waals surface area contributed by atoms with E-state index in [1.165, 1.54) is 24.2 Å². The zero-order chi connectivity index (χ0) is 18.5. The van der Waals surface area contributed by atoms with E-state index in [1.54, 1.807) is 6.20 Å². The first-order valence-electron chi connectivity index (χ1n) is 9.21. The van der Waals surface area contributed by atoms with E-state index in [9.17, 15) is 4.79 Å². The first kappa shape index (κ1) is 17.9. The second kappa shape index (κ2) is 8.46. The number of rotatable bonds is 8. The first-order chi connectivity index (χ1) is 13.3. The lowest BCUT2D eigenvalue weighted by Crippen LogP contribution is -2.21. The number of carbonyl (C=O) groups excluding carboxylic acids is 1. The van der Waals surface area contributed by atoms with Crippen molar-refractivity contribution in [1.29, 1.82) is 0 Å². The van der Waals surface area contributed by atoms with Crippen LogP contribution in [0.1, 0.15) is 50.1 Å². The maximum Gasteiger partial charge on any atom is 0.263 e. The predicted molar refractivity (Wildman–Crippen MR) is 107 cm³/mol. The molecule has 1 heterocycles. The average Bonchev–Trinajstić information content (AvgIpc) is 3.44. The van der Waals surface area contributed by atoms with Crippen LogP contribution in [0, 0.1) is 0 Å². The number of nitrogens with zero attached hydrogens (tertiary/aromatic N) is 1. The highest BCUT2D eigenvalue weighted by molar-refractivity contribution is 7.13. The molecule has 5 heteroatoms. The van der Waals surface area contributed by atoms with E-state index in [0.717, 1.165) is 21.7 Å². The SMILES string of the molecule is O=C(NCc1cccc(COCc2ccccc2)c1)c1cnc(C2CC2)s1. The summed E-state index contributed by atoms with van der Waals surface area (Å²) in [5.74, 6) is 0.536. The maximum atomic E-state index is 12.3. The van der Waals surface area contributed by atoms with Crippen molar-refractivity contribution in [2.24, 2.45) is 0 Å². The number of benzene rings is 2. The molecule has 0 unspecified atom stereocenters. The molecule has 0 aliphatic heterocycles. The fourth-order valence-electron chi connectivity index (χ4n) is 2.87. The van der Waals surface area contributed by atoms with Crippen LogP contribution in [-0.4, -0.2) is 10.9 Å². The minimum atomic E-state index is -0.0508. The van der Waals surface area contributed by atoms with Crippen molar-refractivity contribution in [3.8, 4) is 0 Å². The number of thiazole rings is 1. The summed E-state index contributed by atoms with van der Waals surface area (Å²) < 4.78 is 5.79. The van der Waals surface area contributed by atoms with E-state index in [0.29, 0.717) is 30.6 Å². The maximum absolute atomic E-state index is 12.3. The van der Waals surface area contributed by atoms with Gasteiger partial charge in [-0.05, 0) is 29.5 Å². The highest BCUT2D eigenvalue weighted by Gasteiger charge is 2.27. The fraction of sp³-hybridized carbons (Fsp3) is 0.273. The number of ether oxygens (including phenoxy) is 1. The Labute approximate surface area is 163 Å². The van der Waals surface area contributed by atoms with Gasteiger partial charge < -0.3 is 10.1 Å².